The number of nitrogens with zero attached hydrogens (tertiary/aromatic N) is 2. The third-order valence-electron chi connectivity index (χ3n) is 3.29. The van der Waals surface area contributed by atoms with Crippen molar-refractivity contribution in [3.05, 3.63) is 52.3 Å². The predicted molar refractivity (Wildman–Crippen MR) is 100 cm³/mol. The molecule has 26 heavy (non-hydrogen) atoms. The number of aryl methyl sites for hydroxylation is 2. The summed E-state index contributed by atoms with van der Waals surface area (Å²) in [6.07, 6.45) is 0. The lowest BCUT2D eigenvalue weighted by Gasteiger charge is -2.11. The van der Waals surface area contributed by atoms with E-state index < -0.39 is 18.5 Å². The van der Waals surface area contributed by atoms with Gasteiger partial charge in [0.25, 0.3) is 5.91 Å². The zero-order valence-electron chi connectivity index (χ0n) is 14.2. The maximum atomic E-state index is 12.2. The average Bonchev–Trinajstić information content (AvgIpc) is 2.58. The topological polar surface area (TPSA) is 92.1 Å². The molecule has 134 valence electrons. The first-order valence-corrected chi connectivity index (χ1v) is 8.98. The van der Waals surface area contributed by atoms with Crippen molar-refractivity contribution in [1.82, 2.24) is 4.98 Å². The van der Waals surface area contributed by atoms with Crippen LogP contribution in [0.1, 0.15) is 21.6 Å². The molecule has 0 aliphatic carbocycles. The highest BCUT2D eigenvalue weighted by Gasteiger charge is 2.18. The smallest absolute Gasteiger partial charge is 0.342 e. The van der Waals surface area contributed by atoms with E-state index in [2.05, 4.69) is 10.3 Å². The molecule has 0 aliphatic rings. The second-order valence-electron chi connectivity index (χ2n) is 5.31. The third-order valence-corrected chi connectivity index (χ3v) is 4.51. The molecule has 0 atom stereocenters. The Labute approximate surface area is 160 Å². The molecule has 1 amide bonds. The van der Waals surface area contributed by atoms with Crippen LogP contribution in [0, 0.1) is 25.2 Å². The van der Waals surface area contributed by atoms with Gasteiger partial charge >= 0.3 is 5.97 Å². The molecule has 1 heterocycles. The Morgan fingerprint density at radius 2 is 2.08 bits per heavy atom. The monoisotopic (exact) mass is 389 g/mol. The van der Waals surface area contributed by atoms with Gasteiger partial charge in [-0.3, -0.25) is 4.79 Å². The highest BCUT2D eigenvalue weighted by molar-refractivity contribution is 7.99. The van der Waals surface area contributed by atoms with Gasteiger partial charge in [0.15, 0.2) is 6.61 Å². The van der Waals surface area contributed by atoms with Gasteiger partial charge in [0.05, 0.1) is 23.1 Å². The molecule has 0 bridgehead atoms. The number of para-hydroxylation sites is 1. The summed E-state index contributed by atoms with van der Waals surface area (Å²) in [4.78, 5) is 29.1. The number of anilines is 1. The first-order valence-electron chi connectivity index (χ1n) is 7.62. The van der Waals surface area contributed by atoms with Gasteiger partial charge in [0.1, 0.15) is 5.15 Å². The molecule has 1 aromatic heterocycles. The molecule has 6 nitrogen and oxygen atoms in total. The summed E-state index contributed by atoms with van der Waals surface area (Å²) in [6.45, 7) is 3.03. The van der Waals surface area contributed by atoms with Crippen molar-refractivity contribution in [3.63, 3.8) is 0 Å². The maximum Gasteiger partial charge on any atom is 0.342 e. The summed E-state index contributed by atoms with van der Waals surface area (Å²) in [6, 6.07) is 10.8. The molecule has 1 N–H and O–H groups in total. The SMILES string of the molecule is Cc1cc(C)c(C(=O)OCC(=O)Nc2ccccc2SCC#N)c(Cl)n1. The van der Waals surface area contributed by atoms with Crippen LogP contribution in [-0.4, -0.2) is 29.2 Å². The predicted octanol–water partition coefficient (Wildman–Crippen LogP) is 3.76. The zero-order chi connectivity index (χ0) is 19.1. The Morgan fingerprint density at radius 3 is 2.77 bits per heavy atom. The van der Waals surface area contributed by atoms with Gasteiger partial charge in [-0.15, -0.1) is 11.8 Å². The third kappa shape index (κ3) is 5.22. The number of rotatable bonds is 6. The zero-order valence-corrected chi connectivity index (χ0v) is 15.8. The van der Waals surface area contributed by atoms with Crippen molar-refractivity contribution >= 4 is 40.9 Å². The van der Waals surface area contributed by atoms with Gasteiger partial charge in [0, 0.05) is 10.6 Å². The minimum atomic E-state index is -0.706. The minimum absolute atomic E-state index is 0.0474. The standard InChI is InChI=1S/C18H16ClN3O3S/c1-11-9-12(2)21-17(19)16(11)18(24)25-10-15(23)22-13-5-3-4-6-14(13)26-8-7-20/h3-6,9H,8,10H2,1-2H3,(H,22,23). The van der Waals surface area contributed by atoms with Crippen LogP contribution < -0.4 is 5.32 Å². The molecule has 0 aliphatic heterocycles. The number of thioether (sulfide) groups is 1. The highest BCUT2D eigenvalue weighted by atomic mass is 35.5. The van der Waals surface area contributed by atoms with Crippen molar-refractivity contribution in [2.24, 2.45) is 0 Å². The van der Waals surface area contributed by atoms with Gasteiger partial charge in [-0.05, 0) is 37.6 Å². The molecule has 0 fully saturated rings. The molecule has 2 aromatic rings. The Morgan fingerprint density at radius 1 is 1.35 bits per heavy atom. The molecular formula is C18H16ClN3O3S. The number of halogens is 1. The fraction of sp³-hybridized carbons (Fsp3) is 0.222. The Balaban J connectivity index is 2.00. The highest BCUT2D eigenvalue weighted by Crippen LogP contribution is 2.26. The summed E-state index contributed by atoms with van der Waals surface area (Å²) >= 11 is 7.31. The van der Waals surface area contributed by atoms with Gasteiger partial charge in [-0.2, -0.15) is 5.26 Å². The van der Waals surface area contributed by atoms with Crippen molar-refractivity contribution in [1.29, 1.82) is 5.26 Å². The van der Waals surface area contributed by atoms with E-state index in [9.17, 15) is 9.59 Å². The van der Waals surface area contributed by atoms with E-state index in [0.717, 1.165) is 4.90 Å². The second kappa shape index (κ2) is 9.22. The average molecular weight is 390 g/mol. The van der Waals surface area contributed by atoms with Gasteiger partial charge in [-0.25, -0.2) is 9.78 Å². The van der Waals surface area contributed by atoms with Crippen molar-refractivity contribution < 1.29 is 14.3 Å². The van der Waals surface area contributed by atoms with Crippen LogP contribution in [0.2, 0.25) is 5.15 Å². The maximum absolute atomic E-state index is 12.2. The van der Waals surface area contributed by atoms with Crippen molar-refractivity contribution in [3.8, 4) is 6.07 Å². The lowest BCUT2D eigenvalue weighted by molar-refractivity contribution is -0.119. The largest absolute Gasteiger partial charge is 0.452 e. The number of aromatic nitrogens is 1. The van der Waals surface area contributed by atoms with Crippen LogP contribution in [0.25, 0.3) is 0 Å². The van der Waals surface area contributed by atoms with Gasteiger partial charge in [0.2, 0.25) is 0 Å². The number of nitrogens with one attached hydrogen (secondary N) is 1. The Bertz CT molecular complexity index is 857. The molecule has 0 saturated heterocycles. The quantitative estimate of drug-likeness (QED) is 0.459. The first kappa shape index (κ1) is 19.8. The number of nitriles is 1. The number of hydrogen-bond donors (Lipinski definition) is 1. The summed E-state index contributed by atoms with van der Waals surface area (Å²) < 4.78 is 5.05. The molecule has 0 spiro atoms. The van der Waals surface area contributed by atoms with Crippen LogP contribution in [0.4, 0.5) is 5.69 Å². The van der Waals surface area contributed by atoms with E-state index in [1.807, 2.05) is 12.1 Å². The van der Waals surface area contributed by atoms with Crippen molar-refractivity contribution in [2.75, 3.05) is 17.7 Å². The van der Waals surface area contributed by atoms with E-state index in [0.29, 0.717) is 16.9 Å². The Hall–Kier alpha value is -2.56. The molecular weight excluding hydrogens is 374 g/mol. The number of carbonyl (C=O) groups is 2. The Kier molecular flexibility index (Phi) is 7.01. The lowest BCUT2D eigenvalue weighted by Crippen LogP contribution is -2.22. The summed E-state index contributed by atoms with van der Waals surface area (Å²) in [5.41, 5.74) is 2.02. The van der Waals surface area contributed by atoms with Gasteiger partial charge < -0.3 is 10.1 Å². The number of pyridine rings is 1. The summed E-state index contributed by atoms with van der Waals surface area (Å²) in [5, 5.41) is 11.4. The van der Waals surface area contributed by atoms with Crippen LogP contribution in [-0.2, 0) is 9.53 Å². The summed E-state index contributed by atoms with van der Waals surface area (Å²) in [7, 11) is 0. The number of carbonyl (C=O) groups excluding carboxylic acids is 2. The van der Waals surface area contributed by atoms with E-state index in [4.69, 9.17) is 21.6 Å². The van der Waals surface area contributed by atoms with Crippen LogP contribution in [0.15, 0.2) is 35.2 Å². The summed E-state index contributed by atoms with van der Waals surface area (Å²) in [5.74, 6) is -0.931. The normalized spacial score (nSPS) is 10.1. The first-order chi connectivity index (χ1) is 12.4. The fourth-order valence-corrected chi connectivity index (χ4v) is 3.26. The second-order valence-corrected chi connectivity index (χ2v) is 6.69. The molecule has 1 aromatic carbocycles. The number of benzene rings is 1. The number of ether oxygens (including phenoxy) is 1. The van der Waals surface area contributed by atoms with E-state index in [1.165, 1.54) is 11.8 Å². The van der Waals surface area contributed by atoms with Gasteiger partial charge in [-0.1, -0.05) is 23.7 Å². The minimum Gasteiger partial charge on any atom is -0.452 e. The van der Waals surface area contributed by atoms with E-state index in [-0.39, 0.29) is 16.5 Å². The molecule has 0 unspecified atom stereocenters. The van der Waals surface area contributed by atoms with Crippen LogP contribution in [0.3, 0.4) is 0 Å². The molecule has 8 heteroatoms. The van der Waals surface area contributed by atoms with E-state index in [1.54, 1.807) is 38.1 Å². The fourth-order valence-electron chi connectivity index (χ4n) is 2.23. The number of hydrogen-bond acceptors (Lipinski definition) is 6. The van der Waals surface area contributed by atoms with E-state index >= 15 is 0 Å². The number of amides is 1. The van der Waals surface area contributed by atoms with Crippen molar-refractivity contribution in [2.45, 2.75) is 18.7 Å². The molecule has 0 radical (unpaired) electrons. The van der Waals surface area contributed by atoms with Crippen LogP contribution >= 0.6 is 23.4 Å². The lowest BCUT2D eigenvalue weighted by atomic mass is 10.1. The molecule has 0 saturated carbocycles. The number of esters is 1. The molecule has 2 rings (SSSR count). The van der Waals surface area contributed by atoms with Crippen LogP contribution in [0.5, 0.6) is 0 Å².